The third-order valence-electron chi connectivity index (χ3n) is 5.41. The van der Waals surface area contributed by atoms with E-state index in [0.29, 0.717) is 12.9 Å². The summed E-state index contributed by atoms with van der Waals surface area (Å²) in [6.07, 6.45) is -0.0649. The second-order valence-electron chi connectivity index (χ2n) is 8.90. The summed E-state index contributed by atoms with van der Waals surface area (Å²) >= 11 is 0.886. The third kappa shape index (κ3) is 4.98. The van der Waals surface area contributed by atoms with E-state index in [1.165, 1.54) is 12.1 Å². The fourth-order valence-corrected chi connectivity index (χ4v) is 5.57. The first-order valence-corrected chi connectivity index (χ1v) is 14.4. The van der Waals surface area contributed by atoms with Gasteiger partial charge in [0.2, 0.25) is 0 Å². The monoisotopic (exact) mass is 474 g/mol. The van der Waals surface area contributed by atoms with E-state index >= 15 is 0 Å². The average Bonchev–Trinajstić information content (AvgIpc) is 3.44. The maximum atomic E-state index is 14.5. The second-order valence-corrected chi connectivity index (χ2v) is 15.8. The molecule has 1 aliphatic heterocycles. The van der Waals surface area contributed by atoms with Gasteiger partial charge in [-0.1, -0.05) is 43.5 Å². The quantitative estimate of drug-likeness (QED) is 0.264. The van der Waals surface area contributed by atoms with E-state index in [1.54, 1.807) is 0 Å². The molecule has 31 heavy (non-hydrogen) atoms. The molecule has 1 heterocycles. The molecule has 3 atom stereocenters. The summed E-state index contributed by atoms with van der Waals surface area (Å²) in [6.45, 7) is 5.82. The summed E-state index contributed by atoms with van der Waals surface area (Å²) in [6, 6.07) is 4.32. The average molecular weight is 475 g/mol. The Hall–Kier alpha value is -1.85. The van der Waals surface area contributed by atoms with Crippen LogP contribution in [0.4, 0.5) is 18.0 Å². The number of nitrogens with zero attached hydrogens (tertiary/aromatic N) is 1. The molecular formula is C20H25F3N2O4SSi. The topological polar surface area (TPSA) is 77.0 Å². The van der Waals surface area contributed by atoms with E-state index in [9.17, 15) is 22.8 Å². The number of amides is 1. The number of rotatable bonds is 8. The SMILES string of the molecule is C[Si](C)(C)CCOCNC(=O)OC1=N[C@](CF)(c2cccc(F)c2F)[C@@H]2C[C@]2(C=O)S1. The van der Waals surface area contributed by atoms with Gasteiger partial charge in [0.25, 0.3) is 5.23 Å². The smallest absolute Gasteiger partial charge is 0.385 e. The number of aldehydes is 1. The molecular weight excluding hydrogens is 449 g/mol. The predicted molar refractivity (Wildman–Crippen MR) is 115 cm³/mol. The normalized spacial score (nSPS) is 27.2. The van der Waals surface area contributed by atoms with E-state index in [4.69, 9.17) is 9.47 Å². The third-order valence-corrected chi connectivity index (χ3v) is 8.39. The Bertz CT molecular complexity index is 898. The first-order valence-electron chi connectivity index (χ1n) is 9.86. The van der Waals surface area contributed by atoms with Crippen LogP contribution in [0.15, 0.2) is 23.2 Å². The molecule has 0 spiro atoms. The highest BCUT2D eigenvalue weighted by Gasteiger charge is 2.69. The Morgan fingerprint density at radius 1 is 1.39 bits per heavy atom. The molecule has 6 nitrogen and oxygen atoms in total. The van der Waals surface area contributed by atoms with Gasteiger partial charge in [-0.3, -0.25) is 5.32 Å². The summed E-state index contributed by atoms with van der Waals surface area (Å²) < 4.78 is 52.1. The molecule has 1 aromatic rings. The van der Waals surface area contributed by atoms with Crippen LogP contribution in [0.5, 0.6) is 0 Å². The summed E-state index contributed by atoms with van der Waals surface area (Å²) in [4.78, 5) is 28.0. The van der Waals surface area contributed by atoms with Gasteiger partial charge >= 0.3 is 6.09 Å². The number of carbonyl (C=O) groups excluding carboxylic acids is 2. The maximum Gasteiger partial charge on any atom is 0.416 e. The van der Waals surface area contributed by atoms with E-state index in [-0.39, 0.29) is 23.9 Å². The Labute approximate surface area is 184 Å². The molecule has 2 aliphatic rings. The first kappa shape index (κ1) is 23.8. The Morgan fingerprint density at radius 3 is 2.77 bits per heavy atom. The Balaban J connectivity index is 1.74. The van der Waals surface area contributed by atoms with Crippen molar-refractivity contribution in [2.45, 2.75) is 42.4 Å². The fourth-order valence-electron chi connectivity index (χ4n) is 3.53. The number of thioether (sulfide) groups is 1. The van der Waals surface area contributed by atoms with Crippen molar-refractivity contribution in [3.8, 4) is 0 Å². The first-order chi connectivity index (χ1) is 14.6. The molecule has 0 bridgehead atoms. The van der Waals surface area contributed by atoms with Crippen LogP contribution in [-0.4, -0.2) is 50.4 Å². The number of benzene rings is 1. The van der Waals surface area contributed by atoms with Crippen LogP contribution < -0.4 is 5.32 Å². The molecule has 11 heteroatoms. The maximum absolute atomic E-state index is 14.5. The van der Waals surface area contributed by atoms with Crippen molar-refractivity contribution < 1.29 is 32.2 Å². The van der Waals surface area contributed by atoms with Crippen LogP contribution in [0.3, 0.4) is 0 Å². The molecule has 1 saturated carbocycles. The Kier molecular flexibility index (Phi) is 6.87. The van der Waals surface area contributed by atoms with Gasteiger partial charge < -0.3 is 14.3 Å². The lowest BCUT2D eigenvalue weighted by Crippen LogP contribution is -2.40. The summed E-state index contributed by atoms with van der Waals surface area (Å²) in [5.41, 5.74) is -2.15. The van der Waals surface area contributed by atoms with Crippen molar-refractivity contribution in [1.82, 2.24) is 5.32 Å². The van der Waals surface area contributed by atoms with Crippen LogP contribution in [0, 0.1) is 17.6 Å². The van der Waals surface area contributed by atoms with Crippen molar-refractivity contribution in [3.63, 3.8) is 0 Å². The zero-order chi connectivity index (χ0) is 22.9. The van der Waals surface area contributed by atoms with E-state index in [0.717, 1.165) is 23.9 Å². The van der Waals surface area contributed by atoms with Crippen molar-refractivity contribution in [2.24, 2.45) is 10.9 Å². The molecule has 3 rings (SSSR count). The zero-order valence-electron chi connectivity index (χ0n) is 17.5. The molecule has 1 fully saturated rings. The van der Waals surface area contributed by atoms with Crippen molar-refractivity contribution in [1.29, 1.82) is 0 Å². The molecule has 170 valence electrons. The van der Waals surface area contributed by atoms with E-state index < -0.39 is 48.7 Å². The number of hydrogen-bond acceptors (Lipinski definition) is 6. The second kappa shape index (κ2) is 8.95. The number of hydrogen-bond donors (Lipinski definition) is 1. The number of carbonyl (C=O) groups is 2. The Morgan fingerprint density at radius 2 is 2.13 bits per heavy atom. The minimum absolute atomic E-state index is 0.0878. The molecule has 1 aliphatic carbocycles. The van der Waals surface area contributed by atoms with Crippen LogP contribution in [0.2, 0.25) is 25.7 Å². The zero-order valence-corrected chi connectivity index (χ0v) is 19.4. The number of alkyl halides is 1. The molecule has 1 aromatic carbocycles. The highest BCUT2D eigenvalue weighted by Crippen LogP contribution is 2.65. The number of nitrogens with one attached hydrogen (secondary N) is 1. The number of aliphatic imine (C=N–C) groups is 1. The minimum Gasteiger partial charge on any atom is -0.385 e. The van der Waals surface area contributed by atoms with Crippen molar-refractivity contribution in [2.75, 3.05) is 20.0 Å². The molecule has 1 amide bonds. The standard InChI is InChI=1S/C20H25F3N2O4SSi/c1-31(2,3)8-7-28-12-24-17(27)29-18-25-20(10-21,15-9-19(15,11-26)30-18)13-5-4-6-14(22)16(13)23/h4-6,11,15H,7-10,12H2,1-3H3,(H,24,27)/t15-,19-,20-/m1/s1. The molecule has 0 unspecified atom stereocenters. The largest absolute Gasteiger partial charge is 0.416 e. The van der Waals surface area contributed by atoms with Crippen LogP contribution >= 0.6 is 11.8 Å². The molecule has 0 saturated heterocycles. The highest BCUT2D eigenvalue weighted by molar-refractivity contribution is 8.15. The van der Waals surface area contributed by atoms with Gasteiger partial charge in [0.15, 0.2) is 11.6 Å². The van der Waals surface area contributed by atoms with E-state index in [2.05, 4.69) is 30.0 Å². The number of ether oxygens (including phenoxy) is 2. The van der Waals surface area contributed by atoms with Crippen molar-refractivity contribution >= 4 is 37.4 Å². The van der Waals surface area contributed by atoms with Crippen LogP contribution in [0.25, 0.3) is 0 Å². The predicted octanol–water partition coefficient (Wildman–Crippen LogP) is 4.23. The molecule has 1 N–H and O–H groups in total. The van der Waals surface area contributed by atoms with Gasteiger partial charge in [0.05, 0.1) is 4.75 Å². The fraction of sp³-hybridized carbons (Fsp3) is 0.550. The number of fused-ring (bicyclic) bond motifs is 1. The van der Waals surface area contributed by atoms with Crippen molar-refractivity contribution in [3.05, 3.63) is 35.4 Å². The van der Waals surface area contributed by atoms with Gasteiger partial charge in [-0.25, -0.2) is 23.0 Å². The van der Waals surface area contributed by atoms with Gasteiger partial charge in [0, 0.05) is 26.2 Å². The van der Waals surface area contributed by atoms with Gasteiger partial charge in [-0.15, -0.1) is 0 Å². The lowest BCUT2D eigenvalue weighted by Gasteiger charge is -2.33. The summed E-state index contributed by atoms with van der Waals surface area (Å²) in [5, 5.41) is 2.13. The lowest BCUT2D eigenvalue weighted by atomic mass is 9.85. The lowest BCUT2D eigenvalue weighted by molar-refractivity contribution is -0.108. The van der Waals surface area contributed by atoms with Gasteiger partial charge in [0.1, 0.15) is 25.2 Å². The molecule has 0 radical (unpaired) electrons. The van der Waals surface area contributed by atoms with Gasteiger partial charge in [-0.05, 0) is 18.5 Å². The van der Waals surface area contributed by atoms with Crippen LogP contribution in [-0.2, 0) is 19.8 Å². The minimum atomic E-state index is -1.85. The summed E-state index contributed by atoms with van der Waals surface area (Å²) in [5.74, 6) is -3.06. The van der Waals surface area contributed by atoms with E-state index in [1.807, 2.05) is 0 Å². The number of halogens is 3. The van der Waals surface area contributed by atoms with Gasteiger partial charge in [-0.2, -0.15) is 0 Å². The van der Waals surface area contributed by atoms with Crippen LogP contribution in [0.1, 0.15) is 12.0 Å². The summed E-state index contributed by atoms with van der Waals surface area (Å²) in [7, 11) is -1.26. The highest BCUT2D eigenvalue weighted by atomic mass is 32.2. The molecule has 0 aromatic heterocycles. The number of alkyl carbamates (subject to hydrolysis) is 1.